The minimum Gasteiger partial charge on any atom is -0.339 e. The van der Waals surface area contributed by atoms with E-state index < -0.39 is 0 Å². The molecular weight excluding hydrogens is 246 g/mol. The van der Waals surface area contributed by atoms with E-state index in [1.165, 1.54) is 0 Å². The molecule has 0 saturated heterocycles. The molecule has 86 valence electrons. The van der Waals surface area contributed by atoms with Crippen molar-refractivity contribution in [3.8, 4) is 0 Å². The monoisotopic (exact) mass is 253 g/mol. The summed E-state index contributed by atoms with van der Waals surface area (Å²) in [6, 6.07) is 9.68. The molecule has 0 fully saturated rings. The van der Waals surface area contributed by atoms with Gasteiger partial charge in [-0.1, -0.05) is 11.6 Å². The molecule has 0 amide bonds. The highest BCUT2D eigenvalue weighted by molar-refractivity contribution is 6.31. The lowest BCUT2D eigenvalue weighted by Crippen LogP contribution is -1.80. The minimum absolute atomic E-state index is 0.711. The normalized spacial score (nSPS) is 11.6. The number of nitrogens with one attached hydrogen (secondary N) is 1. The van der Waals surface area contributed by atoms with Gasteiger partial charge in [-0.2, -0.15) is 0 Å². The molecule has 0 radical (unpaired) electrons. The summed E-state index contributed by atoms with van der Waals surface area (Å²) < 4.78 is 0. The minimum atomic E-state index is 0.711. The van der Waals surface area contributed by atoms with Crippen molar-refractivity contribution in [2.24, 2.45) is 0 Å². The summed E-state index contributed by atoms with van der Waals surface area (Å²) in [6.45, 7) is 0. The summed E-state index contributed by atoms with van der Waals surface area (Å²) in [7, 11) is 0. The number of nitrogens with zero attached hydrogens (tertiary/aromatic N) is 2. The van der Waals surface area contributed by atoms with Gasteiger partial charge in [0.2, 0.25) is 0 Å². The van der Waals surface area contributed by atoms with Crippen molar-refractivity contribution in [1.29, 1.82) is 0 Å². The molecule has 1 N–H and O–H groups in total. The molecule has 3 aromatic heterocycles. The molecule has 3 nitrogen and oxygen atoms in total. The first-order valence-electron chi connectivity index (χ1n) is 5.63. The van der Waals surface area contributed by atoms with Crippen molar-refractivity contribution in [2.75, 3.05) is 0 Å². The number of pyridine rings is 2. The summed E-state index contributed by atoms with van der Waals surface area (Å²) in [4.78, 5) is 12.1. The summed E-state index contributed by atoms with van der Waals surface area (Å²) in [5.41, 5.74) is 2.84. The van der Waals surface area contributed by atoms with Gasteiger partial charge in [0.05, 0.1) is 11.0 Å². The zero-order chi connectivity index (χ0) is 12.1. The van der Waals surface area contributed by atoms with E-state index in [0.29, 0.717) is 5.02 Å². The molecule has 1 aromatic carbocycles. The first kappa shape index (κ1) is 9.85. The van der Waals surface area contributed by atoms with E-state index in [2.05, 4.69) is 15.0 Å². The number of halogens is 1. The second kappa shape index (κ2) is 3.43. The lowest BCUT2D eigenvalue weighted by molar-refractivity contribution is 1.35. The van der Waals surface area contributed by atoms with Gasteiger partial charge in [-0.05, 0) is 30.3 Å². The van der Waals surface area contributed by atoms with Gasteiger partial charge in [-0.3, -0.25) is 4.98 Å². The Kier molecular flexibility index (Phi) is 1.88. The Morgan fingerprint density at radius 3 is 2.89 bits per heavy atom. The van der Waals surface area contributed by atoms with Gasteiger partial charge in [-0.25, -0.2) is 4.98 Å². The number of hydrogen-bond acceptors (Lipinski definition) is 2. The van der Waals surface area contributed by atoms with E-state index in [0.717, 1.165) is 32.8 Å². The fraction of sp³-hybridized carbons (Fsp3) is 0. The summed E-state index contributed by atoms with van der Waals surface area (Å²) >= 11 is 6.06. The van der Waals surface area contributed by atoms with Crippen LogP contribution in [0.15, 0.2) is 42.7 Å². The Hall–Kier alpha value is -2.13. The van der Waals surface area contributed by atoms with Crippen molar-refractivity contribution in [3.63, 3.8) is 0 Å². The highest BCUT2D eigenvalue weighted by Crippen LogP contribution is 2.30. The van der Waals surface area contributed by atoms with Crippen LogP contribution in [-0.2, 0) is 0 Å². The number of fused-ring (bicyclic) bond motifs is 5. The van der Waals surface area contributed by atoms with Crippen LogP contribution in [0.2, 0.25) is 5.02 Å². The van der Waals surface area contributed by atoms with Crippen LogP contribution < -0.4 is 0 Å². The predicted octanol–water partition coefficient (Wildman–Crippen LogP) is 3.92. The van der Waals surface area contributed by atoms with Gasteiger partial charge in [0.25, 0.3) is 0 Å². The molecule has 0 bridgehead atoms. The average molecular weight is 254 g/mol. The maximum atomic E-state index is 6.06. The topological polar surface area (TPSA) is 41.6 Å². The first-order valence-corrected chi connectivity index (χ1v) is 6.01. The molecule has 0 spiro atoms. The molecular formula is C14H8ClN3. The molecule has 0 aliphatic rings. The van der Waals surface area contributed by atoms with E-state index in [9.17, 15) is 0 Å². The molecule has 0 aliphatic carbocycles. The Morgan fingerprint density at radius 1 is 1.00 bits per heavy atom. The molecule has 4 rings (SSSR count). The maximum Gasteiger partial charge on any atom is 0.138 e. The van der Waals surface area contributed by atoms with Crippen molar-refractivity contribution >= 4 is 44.4 Å². The molecule has 0 atom stereocenters. The van der Waals surface area contributed by atoms with E-state index >= 15 is 0 Å². The second-order valence-corrected chi connectivity index (χ2v) is 4.67. The third-order valence-corrected chi connectivity index (χ3v) is 3.41. The fourth-order valence-corrected chi connectivity index (χ4v) is 2.52. The van der Waals surface area contributed by atoms with Gasteiger partial charge < -0.3 is 4.98 Å². The van der Waals surface area contributed by atoms with Crippen LogP contribution in [0.4, 0.5) is 0 Å². The van der Waals surface area contributed by atoms with Crippen molar-refractivity contribution in [2.45, 2.75) is 0 Å². The van der Waals surface area contributed by atoms with Crippen molar-refractivity contribution < 1.29 is 0 Å². The predicted molar refractivity (Wildman–Crippen MR) is 73.9 cm³/mol. The molecule has 0 unspecified atom stereocenters. The maximum absolute atomic E-state index is 6.06. The van der Waals surface area contributed by atoms with E-state index in [1.807, 2.05) is 36.5 Å². The van der Waals surface area contributed by atoms with E-state index in [-0.39, 0.29) is 0 Å². The summed E-state index contributed by atoms with van der Waals surface area (Å²) in [5.74, 6) is 0. The third-order valence-electron chi connectivity index (χ3n) is 3.17. The lowest BCUT2D eigenvalue weighted by atomic mass is 10.1. The number of aromatic nitrogens is 3. The standard InChI is InChI=1S/C14H8ClN3/c15-8-3-4-12-10(6-8)13-11(7-17-12)9-2-1-5-16-14(9)18-13/h1-7H,(H,16,18). The van der Waals surface area contributed by atoms with Crippen LogP contribution in [-0.4, -0.2) is 15.0 Å². The average Bonchev–Trinajstić information content (AvgIpc) is 2.78. The Labute approximate surface area is 107 Å². The van der Waals surface area contributed by atoms with Crippen molar-refractivity contribution in [3.05, 3.63) is 47.7 Å². The van der Waals surface area contributed by atoms with Gasteiger partial charge in [0.15, 0.2) is 0 Å². The highest BCUT2D eigenvalue weighted by Gasteiger charge is 2.08. The van der Waals surface area contributed by atoms with Crippen LogP contribution in [0, 0.1) is 0 Å². The van der Waals surface area contributed by atoms with Gasteiger partial charge in [-0.15, -0.1) is 0 Å². The van der Waals surface area contributed by atoms with Gasteiger partial charge in [0.1, 0.15) is 5.65 Å². The molecule has 18 heavy (non-hydrogen) atoms. The second-order valence-electron chi connectivity index (χ2n) is 4.23. The molecule has 0 aliphatic heterocycles. The number of aromatic amines is 1. The van der Waals surface area contributed by atoms with Crippen LogP contribution in [0.3, 0.4) is 0 Å². The Morgan fingerprint density at radius 2 is 1.94 bits per heavy atom. The highest BCUT2D eigenvalue weighted by atomic mass is 35.5. The zero-order valence-electron chi connectivity index (χ0n) is 9.31. The van der Waals surface area contributed by atoms with Gasteiger partial charge >= 0.3 is 0 Å². The summed E-state index contributed by atoms with van der Waals surface area (Å²) in [6.07, 6.45) is 3.66. The number of benzene rings is 1. The quantitative estimate of drug-likeness (QED) is 0.516. The van der Waals surface area contributed by atoms with Crippen molar-refractivity contribution in [1.82, 2.24) is 15.0 Å². The van der Waals surface area contributed by atoms with Crippen LogP contribution >= 0.6 is 11.6 Å². The smallest absolute Gasteiger partial charge is 0.138 e. The summed E-state index contributed by atoms with van der Waals surface area (Å²) in [5, 5.41) is 3.90. The SMILES string of the molecule is Clc1ccc2ncc3c4cccnc4[nH]c3c2c1. The van der Waals surface area contributed by atoms with Crippen LogP contribution in [0.5, 0.6) is 0 Å². The lowest BCUT2D eigenvalue weighted by Gasteiger charge is -1.99. The van der Waals surface area contributed by atoms with E-state index in [4.69, 9.17) is 11.6 Å². The number of H-pyrrole nitrogens is 1. The Balaban J connectivity index is 2.31. The fourth-order valence-electron chi connectivity index (χ4n) is 2.34. The molecule has 0 saturated carbocycles. The van der Waals surface area contributed by atoms with Crippen LogP contribution in [0.25, 0.3) is 32.8 Å². The van der Waals surface area contributed by atoms with Crippen LogP contribution in [0.1, 0.15) is 0 Å². The molecule has 3 heterocycles. The number of hydrogen-bond donors (Lipinski definition) is 1. The Bertz CT molecular complexity index is 895. The number of rotatable bonds is 0. The van der Waals surface area contributed by atoms with Gasteiger partial charge in [0, 0.05) is 33.6 Å². The first-order chi connectivity index (χ1) is 8.83. The largest absolute Gasteiger partial charge is 0.339 e. The third kappa shape index (κ3) is 1.25. The van der Waals surface area contributed by atoms with E-state index in [1.54, 1.807) is 6.20 Å². The zero-order valence-corrected chi connectivity index (χ0v) is 10.1. The molecule has 4 heteroatoms. The molecule has 4 aromatic rings.